The Hall–Kier alpha value is -0.350. The molecule has 13 heavy (non-hydrogen) atoms. The van der Waals surface area contributed by atoms with E-state index in [-0.39, 0.29) is 0 Å². The normalized spacial score (nSPS) is 10.2. The highest BCUT2D eigenvalue weighted by molar-refractivity contribution is 7.79. The molecule has 1 aromatic heterocycles. The maximum absolute atomic E-state index is 4.77. The van der Waals surface area contributed by atoms with Crippen molar-refractivity contribution in [2.45, 2.75) is 39.0 Å². The summed E-state index contributed by atoms with van der Waals surface area (Å²) >= 11 is 6.38. The lowest BCUT2D eigenvalue weighted by atomic mass is 10.2. The molecular formula is C9H14N2S2. The van der Waals surface area contributed by atoms with Crippen LogP contribution in [0.3, 0.4) is 0 Å². The summed E-state index contributed by atoms with van der Waals surface area (Å²) in [5, 5.41) is 11.6. The Morgan fingerprint density at radius 3 is 2.77 bits per heavy atom. The lowest BCUT2D eigenvalue weighted by Crippen LogP contribution is -1.84. The standard InChI is InChI=1S/C9H14N2S2/c1-2-3-4-5-6-8-10-11-9(7-12)13-8/h7H,2-6H2,1H3. The van der Waals surface area contributed by atoms with Gasteiger partial charge in [0, 0.05) is 11.8 Å². The van der Waals surface area contributed by atoms with Gasteiger partial charge in [-0.1, -0.05) is 49.7 Å². The highest BCUT2D eigenvalue weighted by atomic mass is 32.1. The van der Waals surface area contributed by atoms with Crippen LogP contribution in [0.25, 0.3) is 0 Å². The molecule has 0 atom stereocenters. The van der Waals surface area contributed by atoms with Crippen molar-refractivity contribution in [2.75, 3.05) is 0 Å². The number of unbranched alkanes of at least 4 members (excludes halogenated alkanes) is 3. The van der Waals surface area contributed by atoms with Gasteiger partial charge < -0.3 is 0 Å². The van der Waals surface area contributed by atoms with E-state index in [9.17, 15) is 0 Å². The Balaban J connectivity index is 2.24. The smallest absolute Gasteiger partial charge is 0.143 e. The van der Waals surface area contributed by atoms with Gasteiger partial charge in [0.15, 0.2) is 5.01 Å². The topological polar surface area (TPSA) is 25.8 Å². The van der Waals surface area contributed by atoms with Gasteiger partial charge in [-0.25, -0.2) is 0 Å². The summed E-state index contributed by atoms with van der Waals surface area (Å²) in [7, 11) is 0. The van der Waals surface area contributed by atoms with E-state index in [4.69, 9.17) is 12.2 Å². The van der Waals surface area contributed by atoms with E-state index in [1.807, 2.05) is 0 Å². The molecule has 0 aliphatic carbocycles. The average molecular weight is 214 g/mol. The van der Waals surface area contributed by atoms with E-state index >= 15 is 0 Å². The Labute approximate surface area is 88.4 Å². The van der Waals surface area contributed by atoms with E-state index in [2.05, 4.69) is 17.1 Å². The average Bonchev–Trinajstić information content (AvgIpc) is 2.60. The van der Waals surface area contributed by atoms with Crippen molar-refractivity contribution in [1.29, 1.82) is 0 Å². The van der Waals surface area contributed by atoms with Crippen LogP contribution in [-0.2, 0) is 6.42 Å². The summed E-state index contributed by atoms with van der Waals surface area (Å²) in [6, 6.07) is 0. The number of nitrogens with zero attached hydrogens (tertiary/aromatic N) is 2. The quantitative estimate of drug-likeness (QED) is 0.538. The van der Waals surface area contributed by atoms with Crippen LogP contribution >= 0.6 is 23.6 Å². The molecule has 0 aliphatic rings. The van der Waals surface area contributed by atoms with Crippen LogP contribution in [-0.4, -0.2) is 15.6 Å². The Morgan fingerprint density at radius 2 is 2.15 bits per heavy atom. The monoisotopic (exact) mass is 214 g/mol. The molecule has 0 saturated carbocycles. The number of aromatic nitrogens is 2. The molecule has 0 bridgehead atoms. The van der Waals surface area contributed by atoms with Gasteiger partial charge in [0.05, 0.1) is 0 Å². The fourth-order valence-corrected chi connectivity index (χ4v) is 2.01. The fraction of sp³-hybridized carbons (Fsp3) is 0.667. The third kappa shape index (κ3) is 3.91. The molecule has 0 N–H and O–H groups in total. The number of hydrogen-bond donors (Lipinski definition) is 0. The first kappa shape index (κ1) is 10.7. The van der Waals surface area contributed by atoms with Crippen molar-refractivity contribution >= 4 is 28.9 Å². The van der Waals surface area contributed by atoms with Crippen LogP contribution in [0.5, 0.6) is 0 Å². The zero-order chi connectivity index (χ0) is 9.52. The Bertz CT molecular complexity index is 258. The van der Waals surface area contributed by atoms with Crippen LogP contribution < -0.4 is 0 Å². The minimum atomic E-state index is 0.862. The third-order valence-electron chi connectivity index (χ3n) is 1.83. The summed E-state index contributed by atoms with van der Waals surface area (Å²) in [6.07, 6.45) is 6.17. The second kappa shape index (κ2) is 6.16. The van der Waals surface area contributed by atoms with Gasteiger partial charge in [-0.3, -0.25) is 0 Å². The molecule has 1 aromatic rings. The minimum Gasteiger partial charge on any atom is -0.143 e. The Kier molecular flexibility index (Phi) is 5.08. The maximum Gasteiger partial charge on any atom is 0.151 e. The van der Waals surface area contributed by atoms with Crippen molar-refractivity contribution in [3.63, 3.8) is 0 Å². The molecule has 0 unspecified atom stereocenters. The van der Waals surface area contributed by atoms with Crippen LogP contribution in [0.2, 0.25) is 0 Å². The van der Waals surface area contributed by atoms with Crippen molar-refractivity contribution in [1.82, 2.24) is 10.2 Å². The van der Waals surface area contributed by atoms with E-state index in [1.165, 1.54) is 25.7 Å². The molecule has 0 radical (unpaired) electrons. The molecule has 0 aromatic carbocycles. The molecule has 0 amide bonds. The number of rotatable bonds is 6. The summed E-state index contributed by atoms with van der Waals surface area (Å²) in [5.74, 6) is 0. The van der Waals surface area contributed by atoms with Gasteiger partial charge >= 0.3 is 0 Å². The zero-order valence-corrected chi connectivity index (χ0v) is 9.46. The summed E-state index contributed by atoms with van der Waals surface area (Å²) in [5.41, 5.74) is 0. The van der Waals surface area contributed by atoms with Crippen molar-refractivity contribution in [3.05, 3.63) is 10.0 Å². The summed E-state index contributed by atoms with van der Waals surface area (Å²) in [4.78, 5) is 0. The second-order valence-electron chi connectivity index (χ2n) is 2.96. The molecule has 0 saturated heterocycles. The van der Waals surface area contributed by atoms with Crippen LogP contribution in [0.1, 0.15) is 42.6 Å². The van der Waals surface area contributed by atoms with Crippen LogP contribution in [0.15, 0.2) is 0 Å². The van der Waals surface area contributed by atoms with Gasteiger partial charge in [-0.05, 0) is 6.42 Å². The predicted octanol–water partition coefficient (Wildman–Crippen LogP) is 3.01. The molecule has 4 heteroatoms. The number of aryl methyl sites for hydroxylation is 1. The first-order chi connectivity index (χ1) is 6.36. The SMILES string of the molecule is CCCCCCc1nnc(C=S)s1. The molecule has 0 fully saturated rings. The molecule has 1 heterocycles. The maximum atomic E-state index is 4.77. The van der Waals surface area contributed by atoms with E-state index < -0.39 is 0 Å². The molecule has 0 aliphatic heterocycles. The summed E-state index contributed by atoms with van der Waals surface area (Å²) < 4.78 is 0. The van der Waals surface area contributed by atoms with Gasteiger partial charge in [0.2, 0.25) is 0 Å². The lowest BCUT2D eigenvalue weighted by molar-refractivity contribution is 0.663. The van der Waals surface area contributed by atoms with Gasteiger partial charge in [0.1, 0.15) is 5.01 Å². The Morgan fingerprint density at radius 1 is 1.31 bits per heavy atom. The van der Waals surface area contributed by atoms with Gasteiger partial charge in [0.25, 0.3) is 0 Å². The van der Waals surface area contributed by atoms with Crippen molar-refractivity contribution in [2.24, 2.45) is 0 Å². The van der Waals surface area contributed by atoms with Crippen molar-refractivity contribution < 1.29 is 0 Å². The summed E-state index contributed by atoms with van der Waals surface area (Å²) in [6.45, 7) is 2.22. The first-order valence-corrected chi connectivity index (χ1v) is 5.93. The molecule has 72 valence electrons. The van der Waals surface area contributed by atoms with E-state index in [0.717, 1.165) is 16.4 Å². The molecule has 1 rings (SSSR count). The van der Waals surface area contributed by atoms with Crippen LogP contribution in [0.4, 0.5) is 0 Å². The molecule has 0 spiro atoms. The second-order valence-corrected chi connectivity index (χ2v) is 4.29. The zero-order valence-electron chi connectivity index (χ0n) is 7.82. The first-order valence-electron chi connectivity index (χ1n) is 4.64. The fourth-order valence-electron chi connectivity index (χ4n) is 1.12. The molecule has 2 nitrogen and oxygen atoms in total. The molecular weight excluding hydrogens is 200 g/mol. The minimum absolute atomic E-state index is 0.862. The number of thiocarbonyl (C=S) groups is 1. The highest BCUT2D eigenvalue weighted by Crippen LogP contribution is 2.12. The predicted molar refractivity (Wildman–Crippen MR) is 60.5 cm³/mol. The van der Waals surface area contributed by atoms with E-state index in [1.54, 1.807) is 16.7 Å². The van der Waals surface area contributed by atoms with E-state index in [0.29, 0.717) is 0 Å². The van der Waals surface area contributed by atoms with Gasteiger partial charge in [-0.15, -0.1) is 10.2 Å². The lowest BCUT2D eigenvalue weighted by Gasteiger charge is -1.94. The largest absolute Gasteiger partial charge is 0.151 e. The van der Waals surface area contributed by atoms with Crippen molar-refractivity contribution in [3.8, 4) is 0 Å². The number of hydrogen-bond acceptors (Lipinski definition) is 4. The van der Waals surface area contributed by atoms with Crippen LogP contribution in [0, 0.1) is 0 Å². The van der Waals surface area contributed by atoms with Gasteiger partial charge in [-0.2, -0.15) is 0 Å². The highest BCUT2D eigenvalue weighted by Gasteiger charge is 2.00. The third-order valence-corrected chi connectivity index (χ3v) is 3.13.